The third-order valence-corrected chi connectivity index (χ3v) is 7.51. The second kappa shape index (κ2) is 9.05. The van der Waals surface area contributed by atoms with E-state index in [4.69, 9.17) is 0 Å². The Bertz CT molecular complexity index is 829. The van der Waals surface area contributed by atoms with Crippen LogP contribution in [0.15, 0.2) is 23.1 Å². The number of rotatable bonds is 7. The molecular formula is C20H28N2O5S. The topological polar surface area (TPSA) is 92.8 Å². The van der Waals surface area contributed by atoms with Gasteiger partial charge >= 0.3 is 5.97 Å². The van der Waals surface area contributed by atoms with Gasteiger partial charge in [-0.05, 0) is 61.8 Å². The van der Waals surface area contributed by atoms with Crippen molar-refractivity contribution in [1.29, 1.82) is 0 Å². The van der Waals surface area contributed by atoms with Crippen molar-refractivity contribution in [3.05, 3.63) is 29.3 Å². The Balaban J connectivity index is 1.50. The number of carbonyl (C=O) groups is 2. The van der Waals surface area contributed by atoms with Crippen LogP contribution in [0.3, 0.4) is 0 Å². The van der Waals surface area contributed by atoms with E-state index in [-0.39, 0.29) is 24.2 Å². The van der Waals surface area contributed by atoms with Gasteiger partial charge in [-0.1, -0.05) is 6.07 Å². The number of piperidine rings is 1. The van der Waals surface area contributed by atoms with Crippen molar-refractivity contribution in [2.75, 3.05) is 26.7 Å². The minimum absolute atomic E-state index is 0.0700. The highest BCUT2D eigenvalue weighted by Gasteiger charge is 2.32. The molecule has 1 aromatic rings. The second-order valence-corrected chi connectivity index (χ2v) is 9.37. The number of amides is 1. The number of nitrogens with zero attached hydrogens (tertiary/aromatic N) is 1. The summed E-state index contributed by atoms with van der Waals surface area (Å²) in [6, 6.07) is 5.46. The van der Waals surface area contributed by atoms with Gasteiger partial charge in [-0.2, -0.15) is 4.31 Å². The highest BCUT2D eigenvalue weighted by molar-refractivity contribution is 7.89. The summed E-state index contributed by atoms with van der Waals surface area (Å²) in [4.78, 5) is 23.7. The quantitative estimate of drug-likeness (QED) is 0.547. The standard InChI is InChI=1S/C20H28N2O5S/c1-27-19(23)6-3-11-21-20(24)16-9-12-22(13-10-16)28(25,26)18-8-7-15-4-2-5-17(15)14-18/h7-8,14,16H,2-6,9-13H2,1H3,(H,21,24). The minimum atomic E-state index is -3.52. The lowest BCUT2D eigenvalue weighted by molar-refractivity contribution is -0.140. The molecule has 0 bridgehead atoms. The predicted molar refractivity (Wildman–Crippen MR) is 104 cm³/mol. The van der Waals surface area contributed by atoms with Crippen molar-refractivity contribution >= 4 is 21.9 Å². The number of hydrogen-bond acceptors (Lipinski definition) is 5. The van der Waals surface area contributed by atoms with E-state index >= 15 is 0 Å². The third kappa shape index (κ3) is 4.72. The molecule has 1 aromatic carbocycles. The molecular weight excluding hydrogens is 380 g/mol. The molecule has 1 aliphatic carbocycles. The number of nitrogens with one attached hydrogen (secondary N) is 1. The van der Waals surface area contributed by atoms with Crippen LogP contribution in [0.5, 0.6) is 0 Å². The average Bonchev–Trinajstić information content (AvgIpc) is 3.18. The van der Waals surface area contributed by atoms with E-state index < -0.39 is 10.0 Å². The van der Waals surface area contributed by atoms with Crippen LogP contribution in [-0.2, 0) is 37.2 Å². The molecule has 2 aliphatic rings. The number of esters is 1. The van der Waals surface area contributed by atoms with Gasteiger partial charge in [0.05, 0.1) is 12.0 Å². The van der Waals surface area contributed by atoms with E-state index in [0.29, 0.717) is 43.8 Å². The number of carbonyl (C=O) groups excluding carboxylic acids is 2. The molecule has 0 unspecified atom stereocenters. The SMILES string of the molecule is COC(=O)CCCNC(=O)C1CCN(S(=O)(=O)c2ccc3c(c2)CCC3)CC1. The third-order valence-electron chi connectivity index (χ3n) is 5.62. The summed E-state index contributed by atoms with van der Waals surface area (Å²) in [6.45, 7) is 1.11. The first kappa shape index (κ1) is 20.8. The molecule has 1 heterocycles. The number of hydrogen-bond donors (Lipinski definition) is 1. The molecule has 1 aliphatic heterocycles. The molecule has 154 valence electrons. The second-order valence-electron chi connectivity index (χ2n) is 7.43. The van der Waals surface area contributed by atoms with Gasteiger partial charge in [-0.3, -0.25) is 9.59 Å². The molecule has 1 N–H and O–H groups in total. The smallest absolute Gasteiger partial charge is 0.305 e. The maximum absolute atomic E-state index is 12.9. The van der Waals surface area contributed by atoms with Gasteiger partial charge < -0.3 is 10.1 Å². The lowest BCUT2D eigenvalue weighted by Gasteiger charge is -2.30. The molecule has 0 radical (unpaired) electrons. The van der Waals surface area contributed by atoms with E-state index in [0.717, 1.165) is 24.8 Å². The minimum Gasteiger partial charge on any atom is -0.469 e. The Morgan fingerprint density at radius 2 is 1.89 bits per heavy atom. The van der Waals surface area contributed by atoms with E-state index in [2.05, 4.69) is 10.1 Å². The molecule has 1 fully saturated rings. The van der Waals surface area contributed by atoms with Crippen molar-refractivity contribution in [1.82, 2.24) is 9.62 Å². The van der Waals surface area contributed by atoms with E-state index in [9.17, 15) is 18.0 Å². The largest absolute Gasteiger partial charge is 0.469 e. The van der Waals surface area contributed by atoms with Gasteiger partial charge in [0.15, 0.2) is 0 Å². The lowest BCUT2D eigenvalue weighted by Crippen LogP contribution is -2.43. The van der Waals surface area contributed by atoms with Gasteiger partial charge in [0.1, 0.15) is 0 Å². The number of sulfonamides is 1. The maximum atomic E-state index is 12.9. The summed E-state index contributed by atoms with van der Waals surface area (Å²) in [6.07, 6.45) is 4.86. The molecule has 0 atom stereocenters. The fourth-order valence-corrected chi connectivity index (χ4v) is 5.43. The average molecular weight is 409 g/mol. The highest BCUT2D eigenvalue weighted by atomic mass is 32.2. The van der Waals surface area contributed by atoms with E-state index in [1.54, 1.807) is 6.07 Å². The van der Waals surface area contributed by atoms with Crippen LogP contribution < -0.4 is 5.32 Å². The zero-order chi connectivity index (χ0) is 20.1. The predicted octanol–water partition coefficient (Wildman–Crippen LogP) is 1.65. The first-order chi connectivity index (χ1) is 13.4. The van der Waals surface area contributed by atoms with Gasteiger partial charge in [0, 0.05) is 32.0 Å². The molecule has 0 saturated carbocycles. The van der Waals surface area contributed by atoms with Crippen LogP contribution in [0, 0.1) is 5.92 Å². The van der Waals surface area contributed by atoms with E-state index in [1.807, 2.05) is 12.1 Å². The van der Waals surface area contributed by atoms with Crippen LogP contribution in [0.4, 0.5) is 0 Å². The fraction of sp³-hybridized carbons (Fsp3) is 0.600. The molecule has 3 rings (SSSR count). The normalized spacial score (nSPS) is 17.9. The van der Waals surface area contributed by atoms with E-state index in [1.165, 1.54) is 17.0 Å². The Labute approximate surface area is 166 Å². The monoisotopic (exact) mass is 408 g/mol. The summed E-state index contributed by atoms with van der Waals surface area (Å²) in [5.74, 6) is -0.552. The molecule has 28 heavy (non-hydrogen) atoms. The summed E-state index contributed by atoms with van der Waals surface area (Å²) in [7, 11) is -2.18. The summed E-state index contributed by atoms with van der Waals surface area (Å²) < 4.78 is 32.0. The van der Waals surface area contributed by atoms with Gasteiger partial charge in [0.2, 0.25) is 15.9 Å². The Morgan fingerprint density at radius 1 is 1.18 bits per heavy atom. The van der Waals surface area contributed by atoms with Crippen LogP contribution in [0.1, 0.15) is 43.2 Å². The Kier molecular flexibility index (Phi) is 6.72. The first-order valence-corrected chi connectivity index (χ1v) is 11.3. The van der Waals surface area contributed by atoms with Crippen molar-refractivity contribution in [3.8, 4) is 0 Å². The zero-order valence-electron chi connectivity index (χ0n) is 16.3. The van der Waals surface area contributed by atoms with Crippen LogP contribution >= 0.6 is 0 Å². The number of benzene rings is 1. The molecule has 8 heteroatoms. The van der Waals surface area contributed by atoms with Gasteiger partial charge in [-0.15, -0.1) is 0 Å². The Hall–Kier alpha value is -1.93. The summed E-state index contributed by atoms with van der Waals surface area (Å²) in [5.41, 5.74) is 2.39. The zero-order valence-corrected chi connectivity index (χ0v) is 17.1. The van der Waals surface area contributed by atoms with Crippen LogP contribution in [-0.4, -0.2) is 51.3 Å². The van der Waals surface area contributed by atoms with Crippen LogP contribution in [0.25, 0.3) is 0 Å². The van der Waals surface area contributed by atoms with Crippen molar-refractivity contribution in [3.63, 3.8) is 0 Å². The van der Waals surface area contributed by atoms with Gasteiger partial charge in [-0.25, -0.2) is 8.42 Å². The highest BCUT2D eigenvalue weighted by Crippen LogP contribution is 2.28. The molecule has 0 aromatic heterocycles. The Morgan fingerprint density at radius 3 is 2.61 bits per heavy atom. The maximum Gasteiger partial charge on any atom is 0.305 e. The lowest BCUT2D eigenvalue weighted by atomic mass is 9.97. The van der Waals surface area contributed by atoms with Crippen molar-refractivity contribution < 1.29 is 22.7 Å². The number of fused-ring (bicyclic) bond motifs is 1. The van der Waals surface area contributed by atoms with Crippen molar-refractivity contribution in [2.24, 2.45) is 5.92 Å². The molecule has 1 amide bonds. The first-order valence-electron chi connectivity index (χ1n) is 9.88. The number of ether oxygens (including phenoxy) is 1. The van der Waals surface area contributed by atoms with Gasteiger partial charge in [0.25, 0.3) is 0 Å². The summed E-state index contributed by atoms with van der Waals surface area (Å²) in [5, 5.41) is 2.83. The molecule has 0 spiro atoms. The summed E-state index contributed by atoms with van der Waals surface area (Å²) >= 11 is 0. The van der Waals surface area contributed by atoms with Crippen LogP contribution in [0.2, 0.25) is 0 Å². The fourth-order valence-electron chi connectivity index (χ4n) is 3.91. The number of methoxy groups -OCH3 is 1. The van der Waals surface area contributed by atoms with Crippen molar-refractivity contribution in [2.45, 2.75) is 49.8 Å². The molecule has 1 saturated heterocycles. The number of aryl methyl sites for hydroxylation is 2. The molecule has 7 nitrogen and oxygen atoms in total.